The number of fused-ring (bicyclic) bond motifs is 12. The van der Waals surface area contributed by atoms with Gasteiger partial charge < -0.3 is 9.71 Å². The highest BCUT2D eigenvalue weighted by molar-refractivity contribution is 6.94. The summed E-state index contributed by atoms with van der Waals surface area (Å²) in [5, 5.41) is 2.65. The van der Waals surface area contributed by atoms with Crippen molar-refractivity contribution in [2.45, 2.75) is 180 Å². The van der Waals surface area contributed by atoms with Crippen LogP contribution in [0, 0.1) is 6.92 Å². The lowest BCUT2D eigenvalue weighted by Crippen LogP contribution is -2.62. The Morgan fingerprint density at radius 3 is 1.58 bits per heavy atom. The van der Waals surface area contributed by atoms with E-state index in [1.807, 2.05) is 0 Å². The zero-order valence-electron chi connectivity index (χ0n) is 45.6. The number of anilines is 5. The van der Waals surface area contributed by atoms with Crippen molar-refractivity contribution in [2.75, 3.05) is 9.71 Å². The quantitative estimate of drug-likeness (QED) is 0.159. The molecule has 2 aliphatic heterocycles. The Bertz CT molecular complexity index is 3500. The fourth-order valence-electron chi connectivity index (χ4n) is 15.2. The fourth-order valence-corrected chi connectivity index (χ4v) is 15.2. The molecule has 0 bridgehead atoms. The topological polar surface area (TPSA) is 6.48 Å². The lowest BCUT2D eigenvalue weighted by Gasteiger charge is -2.49. The van der Waals surface area contributed by atoms with Crippen molar-refractivity contribution in [1.29, 1.82) is 0 Å². The minimum absolute atomic E-state index is 0.0435. The van der Waals surface area contributed by atoms with E-state index in [4.69, 9.17) is 0 Å². The second-order valence-electron chi connectivity index (χ2n) is 27.8. The lowest BCUT2D eigenvalue weighted by molar-refractivity contribution is 0.332. The third-order valence-electron chi connectivity index (χ3n) is 20.1. The highest BCUT2D eigenvalue weighted by atomic mass is 15.2. The van der Waals surface area contributed by atoms with Gasteiger partial charge in [0.05, 0.1) is 0 Å². The van der Waals surface area contributed by atoms with Gasteiger partial charge in [-0.15, -0.1) is 0 Å². The summed E-state index contributed by atoms with van der Waals surface area (Å²) in [6.45, 7) is 37.1. The van der Waals surface area contributed by atoms with E-state index in [2.05, 4.69) is 223 Å². The second-order valence-corrected chi connectivity index (χ2v) is 27.8. The van der Waals surface area contributed by atoms with Gasteiger partial charge in [-0.25, -0.2) is 0 Å². The maximum Gasteiger partial charge on any atom is 0.333 e. The molecule has 0 radical (unpaired) electrons. The van der Waals surface area contributed by atoms with Crippen LogP contribution in [0.2, 0.25) is 0 Å². The molecule has 13 rings (SSSR count). The lowest BCUT2D eigenvalue weighted by atomic mass is 9.42. The smallest absolute Gasteiger partial charge is 0.333 e. The normalized spacial score (nSPS) is 21.3. The largest absolute Gasteiger partial charge is 0.376 e. The summed E-state index contributed by atoms with van der Waals surface area (Å²) in [6, 6.07) is 44.8. The van der Waals surface area contributed by atoms with E-state index in [0.29, 0.717) is 0 Å². The van der Waals surface area contributed by atoms with Crippen molar-refractivity contribution in [1.82, 2.24) is 0 Å². The number of hydrogen-bond acceptors (Lipinski definition) is 2. The summed E-state index contributed by atoms with van der Waals surface area (Å²) in [6.07, 6.45) is 7.11. The molecule has 0 spiro atoms. The average molecular weight is 931 g/mol. The Hall–Kier alpha value is -5.54. The Kier molecular flexibility index (Phi) is 9.03. The van der Waals surface area contributed by atoms with Crippen molar-refractivity contribution in [3.05, 3.63) is 159 Å². The van der Waals surface area contributed by atoms with Crippen molar-refractivity contribution < 1.29 is 0 Å². The fraction of sp³-hybridized carbons (Fsp3) is 0.412. The van der Waals surface area contributed by atoms with Gasteiger partial charge in [0.2, 0.25) is 0 Å². The van der Waals surface area contributed by atoms with E-state index in [9.17, 15) is 0 Å². The Balaban J connectivity index is 1.21. The van der Waals surface area contributed by atoms with Crippen LogP contribution >= 0.6 is 0 Å². The summed E-state index contributed by atoms with van der Waals surface area (Å²) in [5.74, 6) is 0. The van der Waals surface area contributed by atoms with Crippen molar-refractivity contribution in [3.63, 3.8) is 0 Å². The molecule has 360 valence electrons. The molecule has 0 saturated carbocycles. The zero-order valence-corrected chi connectivity index (χ0v) is 45.6. The SMILES string of the molecule is Cc1cc2c(cc1N1c3cc4c(cc3B3c5c1cc1ccccc1c5-c1cc5c(cc1N3c1ccc3c(c1)C(C)(C)CCC3(C)C)C(C)(C)CCC5(C)C)C(C)(C)c1ccccc1-4)C(C)(C)CCC2(C)C. The van der Waals surface area contributed by atoms with Crippen molar-refractivity contribution in [2.24, 2.45) is 0 Å². The van der Waals surface area contributed by atoms with Gasteiger partial charge in [0, 0.05) is 39.4 Å². The number of hydrogen-bond donors (Lipinski definition) is 0. The van der Waals surface area contributed by atoms with Gasteiger partial charge in [0.1, 0.15) is 0 Å². The van der Waals surface area contributed by atoms with Crippen LogP contribution in [0.5, 0.6) is 0 Å². The predicted molar refractivity (Wildman–Crippen MR) is 306 cm³/mol. The standard InChI is InChI=1S/C68H75BN2/c1-40-32-50-53(66(10,11)30-28-63(50,4)5)38-56(40)70-58-36-45-44-22-18-19-23-47(44)68(14,15)49(45)37-55(58)69-61-59(70)33-41-20-16-17-21-43(41)60(61)46-35-52-54(67(12,13)31-29-65(52,8)9)39-57(46)71(69)42-24-25-48-51(34-42)64(6,7)27-26-62(48,2)3/h16-25,32-39H,26-31H2,1-15H3. The molecule has 0 aromatic heterocycles. The van der Waals surface area contributed by atoms with E-state index < -0.39 is 0 Å². The Labute approximate surface area is 426 Å². The first-order chi connectivity index (χ1) is 33.3. The third-order valence-corrected chi connectivity index (χ3v) is 20.1. The number of aryl methyl sites for hydroxylation is 1. The van der Waals surface area contributed by atoms with Crippen LogP contribution in [0.4, 0.5) is 28.4 Å². The molecule has 0 amide bonds. The minimum atomic E-state index is -0.164. The summed E-state index contributed by atoms with van der Waals surface area (Å²) < 4.78 is 0. The van der Waals surface area contributed by atoms with E-state index in [0.717, 1.165) is 0 Å². The van der Waals surface area contributed by atoms with E-state index >= 15 is 0 Å². The van der Waals surface area contributed by atoms with E-state index in [1.54, 1.807) is 0 Å². The monoisotopic (exact) mass is 931 g/mol. The molecule has 3 heteroatoms. The summed E-state index contributed by atoms with van der Waals surface area (Å²) in [5.41, 5.74) is 28.4. The van der Waals surface area contributed by atoms with E-state index in [-0.39, 0.29) is 44.8 Å². The molecule has 0 atom stereocenters. The van der Waals surface area contributed by atoms with Crippen LogP contribution in [-0.2, 0) is 37.9 Å². The second kappa shape index (κ2) is 14.1. The van der Waals surface area contributed by atoms with Crippen LogP contribution in [0.1, 0.15) is 186 Å². The van der Waals surface area contributed by atoms with Gasteiger partial charge in [-0.1, -0.05) is 164 Å². The molecule has 2 heterocycles. The molecule has 7 aromatic carbocycles. The maximum atomic E-state index is 2.86. The van der Waals surface area contributed by atoms with Gasteiger partial charge in [-0.2, -0.15) is 0 Å². The minimum Gasteiger partial charge on any atom is -0.376 e. The van der Waals surface area contributed by atoms with Crippen LogP contribution in [0.3, 0.4) is 0 Å². The van der Waals surface area contributed by atoms with Crippen LogP contribution in [0.25, 0.3) is 33.0 Å². The molecular weight excluding hydrogens is 856 g/mol. The molecule has 0 fully saturated rings. The molecule has 0 unspecified atom stereocenters. The molecule has 2 nitrogen and oxygen atoms in total. The summed E-state index contributed by atoms with van der Waals surface area (Å²) in [4.78, 5) is 5.61. The maximum absolute atomic E-state index is 2.86. The van der Waals surface area contributed by atoms with Gasteiger partial charge in [-0.3, -0.25) is 0 Å². The first-order valence-electron chi connectivity index (χ1n) is 27.3. The summed E-state index contributed by atoms with van der Waals surface area (Å²) in [7, 11) is 0. The summed E-state index contributed by atoms with van der Waals surface area (Å²) >= 11 is 0. The highest BCUT2D eigenvalue weighted by Crippen LogP contribution is 2.58. The van der Waals surface area contributed by atoms with Gasteiger partial charge in [-0.05, 0) is 209 Å². The number of benzene rings is 7. The first kappa shape index (κ1) is 45.3. The molecule has 4 aliphatic carbocycles. The van der Waals surface area contributed by atoms with Crippen molar-refractivity contribution >= 4 is 57.0 Å². The van der Waals surface area contributed by atoms with Gasteiger partial charge >= 0.3 is 6.85 Å². The predicted octanol–water partition coefficient (Wildman–Crippen LogP) is 17.2. The third kappa shape index (κ3) is 6.14. The highest BCUT2D eigenvalue weighted by Gasteiger charge is 2.51. The van der Waals surface area contributed by atoms with E-state index in [1.165, 1.54) is 161 Å². The molecular formula is C68H75BN2. The molecule has 71 heavy (non-hydrogen) atoms. The number of rotatable bonds is 2. The number of nitrogens with zero attached hydrogens (tertiary/aromatic N) is 2. The average Bonchev–Trinajstić information content (AvgIpc) is 3.54. The van der Waals surface area contributed by atoms with Crippen molar-refractivity contribution in [3.8, 4) is 22.3 Å². The Morgan fingerprint density at radius 1 is 0.394 bits per heavy atom. The Morgan fingerprint density at radius 2 is 0.930 bits per heavy atom. The van der Waals surface area contributed by atoms with Crippen LogP contribution in [0.15, 0.2) is 109 Å². The zero-order chi connectivity index (χ0) is 49.9. The molecule has 6 aliphatic rings. The van der Waals surface area contributed by atoms with Gasteiger partial charge in [0.15, 0.2) is 0 Å². The van der Waals surface area contributed by atoms with Gasteiger partial charge in [0.25, 0.3) is 0 Å². The molecule has 0 N–H and O–H groups in total. The van der Waals surface area contributed by atoms with Crippen LogP contribution in [-0.4, -0.2) is 6.85 Å². The first-order valence-corrected chi connectivity index (χ1v) is 27.3. The molecule has 7 aromatic rings. The van der Waals surface area contributed by atoms with Crippen LogP contribution < -0.4 is 20.6 Å². The molecule has 0 saturated heterocycles.